The highest BCUT2D eigenvalue weighted by Crippen LogP contribution is 2.29. The van der Waals surface area contributed by atoms with E-state index in [1.54, 1.807) is 49.0 Å². The number of aromatic nitrogens is 7. The minimum atomic E-state index is -0.169. The van der Waals surface area contributed by atoms with E-state index in [1.807, 2.05) is 37.2 Å². The number of nitrogens with one attached hydrogen (secondary N) is 3. The van der Waals surface area contributed by atoms with Gasteiger partial charge in [-0.3, -0.25) is 4.79 Å². The Morgan fingerprint density at radius 3 is 2.71 bits per heavy atom. The van der Waals surface area contributed by atoms with Crippen LogP contribution in [-0.2, 0) is 0 Å². The first kappa shape index (κ1) is 27.0. The molecule has 3 N–H and O–H groups in total. The summed E-state index contributed by atoms with van der Waals surface area (Å²) >= 11 is 0. The van der Waals surface area contributed by atoms with E-state index < -0.39 is 0 Å². The number of hydrogen-bond acceptors (Lipinski definition) is 11. The van der Waals surface area contributed by atoms with Crippen LogP contribution in [0.5, 0.6) is 5.75 Å². The average molecular weight is 553 g/mol. The van der Waals surface area contributed by atoms with E-state index in [1.165, 1.54) is 10.7 Å². The maximum absolute atomic E-state index is 12.7. The van der Waals surface area contributed by atoms with Crippen molar-refractivity contribution in [3.8, 4) is 17.5 Å². The number of ether oxygens (including phenoxy) is 1. The first-order valence-electron chi connectivity index (χ1n) is 12.6. The fourth-order valence-electron chi connectivity index (χ4n) is 4.10. The molecule has 0 fully saturated rings. The van der Waals surface area contributed by atoms with Crippen LogP contribution in [0.2, 0.25) is 0 Å². The quantitative estimate of drug-likeness (QED) is 0.233. The topological polar surface area (TPSA) is 163 Å². The van der Waals surface area contributed by atoms with Gasteiger partial charge in [-0.1, -0.05) is 6.07 Å². The number of rotatable bonds is 10. The highest BCUT2D eigenvalue weighted by atomic mass is 16.5. The number of amides is 1. The lowest BCUT2D eigenvalue weighted by molar-refractivity contribution is 0.0951. The van der Waals surface area contributed by atoms with Gasteiger partial charge in [0.25, 0.3) is 5.91 Å². The Morgan fingerprint density at radius 2 is 1.98 bits per heavy atom. The summed E-state index contributed by atoms with van der Waals surface area (Å²) in [5.74, 6) is 1.46. The van der Waals surface area contributed by atoms with Crippen molar-refractivity contribution in [1.29, 1.82) is 5.26 Å². The molecule has 208 valence electrons. The van der Waals surface area contributed by atoms with Crippen molar-refractivity contribution in [1.82, 2.24) is 45.0 Å². The molecule has 0 saturated heterocycles. The smallest absolute Gasteiger partial charge is 0.251 e. The predicted octanol–water partition coefficient (Wildman–Crippen LogP) is 2.67. The molecule has 14 nitrogen and oxygen atoms in total. The van der Waals surface area contributed by atoms with Crippen molar-refractivity contribution < 1.29 is 9.53 Å². The summed E-state index contributed by atoms with van der Waals surface area (Å²) in [6, 6.07) is 16.5. The molecule has 0 unspecified atom stereocenters. The molecule has 0 aliphatic heterocycles. The van der Waals surface area contributed by atoms with Crippen LogP contribution < -0.4 is 20.7 Å². The minimum Gasteiger partial charge on any atom is -0.497 e. The Hall–Kier alpha value is -5.55. The van der Waals surface area contributed by atoms with Crippen molar-refractivity contribution in [3.05, 3.63) is 71.8 Å². The fourth-order valence-corrected chi connectivity index (χ4v) is 4.10. The summed E-state index contributed by atoms with van der Waals surface area (Å²) in [5, 5.41) is 35.5. The average Bonchev–Trinajstić information content (AvgIpc) is 3.58. The third kappa shape index (κ3) is 6.05. The minimum absolute atomic E-state index is 0.169. The van der Waals surface area contributed by atoms with Gasteiger partial charge in [0, 0.05) is 48.2 Å². The molecule has 5 rings (SSSR count). The van der Waals surface area contributed by atoms with Crippen LogP contribution in [-0.4, -0.2) is 79.9 Å². The number of nitrogens with zero attached hydrogens (tertiary/aromatic N) is 9. The lowest BCUT2D eigenvalue weighted by atomic mass is 10.2. The molecular weight excluding hydrogens is 524 g/mol. The third-order valence-corrected chi connectivity index (χ3v) is 6.10. The summed E-state index contributed by atoms with van der Waals surface area (Å²) in [6.45, 7) is 3.07. The van der Waals surface area contributed by atoms with Crippen LogP contribution in [0.3, 0.4) is 0 Å². The first-order chi connectivity index (χ1) is 19.8. The molecule has 14 heteroatoms. The number of nitriles is 1. The number of anilines is 4. The van der Waals surface area contributed by atoms with Gasteiger partial charge in [0.15, 0.2) is 23.0 Å². The number of aryl methyl sites for hydroxylation is 1. The molecule has 0 aliphatic rings. The second-order valence-corrected chi connectivity index (χ2v) is 9.38. The van der Waals surface area contributed by atoms with Crippen LogP contribution in [0.25, 0.3) is 11.3 Å². The zero-order valence-electron chi connectivity index (χ0n) is 23.0. The lowest BCUT2D eigenvalue weighted by Crippen LogP contribution is -2.31. The normalized spacial score (nSPS) is 10.9. The molecule has 2 aromatic carbocycles. The molecule has 0 atom stereocenters. The van der Waals surface area contributed by atoms with E-state index in [-0.39, 0.29) is 11.6 Å². The van der Waals surface area contributed by atoms with Crippen LogP contribution in [0.15, 0.2) is 54.7 Å². The number of fused-ring (bicyclic) bond motifs is 1. The molecule has 3 heterocycles. The molecule has 0 spiro atoms. The molecule has 0 saturated carbocycles. The van der Waals surface area contributed by atoms with Gasteiger partial charge < -0.3 is 25.6 Å². The van der Waals surface area contributed by atoms with Gasteiger partial charge in [-0.05, 0) is 55.7 Å². The van der Waals surface area contributed by atoms with Gasteiger partial charge in [0.1, 0.15) is 11.8 Å². The molecule has 5 aromatic rings. The van der Waals surface area contributed by atoms with E-state index >= 15 is 0 Å². The van der Waals surface area contributed by atoms with Crippen molar-refractivity contribution in [2.75, 3.05) is 44.9 Å². The summed E-state index contributed by atoms with van der Waals surface area (Å²) in [7, 11) is 5.47. The number of methoxy groups -OCH3 is 1. The molecular formula is C27H28N12O2. The zero-order valence-corrected chi connectivity index (χ0v) is 23.0. The number of benzene rings is 2. The molecule has 0 radical (unpaired) electrons. The van der Waals surface area contributed by atoms with E-state index in [0.717, 1.165) is 6.54 Å². The largest absolute Gasteiger partial charge is 0.497 e. The molecule has 3 aromatic heterocycles. The Morgan fingerprint density at radius 1 is 1.12 bits per heavy atom. The summed E-state index contributed by atoms with van der Waals surface area (Å²) in [6.07, 6.45) is 1.45. The Kier molecular flexibility index (Phi) is 7.70. The van der Waals surface area contributed by atoms with E-state index in [2.05, 4.69) is 47.6 Å². The number of tetrazole rings is 1. The highest BCUT2D eigenvalue weighted by molar-refractivity contribution is 5.95. The standard InChI is InChI=1S/C27H28N12O2/c1-17-33-35-36-38(17)21-11-20(12-23(13-21)41-4)32-25-14-24(26-30-16-22(15-28)39(26)34-25)31-19-7-5-6-18(10-19)27(40)29-8-9-37(2)3/h5-7,10-14,16,31H,8-9H2,1-4H3,(H,29,40)(H,32,34). The monoisotopic (exact) mass is 552 g/mol. The number of carbonyl (C=O) groups excluding carboxylic acids is 1. The van der Waals surface area contributed by atoms with Gasteiger partial charge in [-0.15, -0.1) is 10.2 Å². The van der Waals surface area contributed by atoms with E-state index in [9.17, 15) is 10.1 Å². The fraction of sp³-hybridized carbons (Fsp3) is 0.222. The van der Waals surface area contributed by atoms with Crippen molar-refractivity contribution in [3.63, 3.8) is 0 Å². The van der Waals surface area contributed by atoms with Crippen LogP contribution in [0.4, 0.5) is 22.9 Å². The van der Waals surface area contributed by atoms with E-state index in [4.69, 9.17) is 4.74 Å². The van der Waals surface area contributed by atoms with Gasteiger partial charge >= 0.3 is 0 Å². The summed E-state index contributed by atoms with van der Waals surface area (Å²) < 4.78 is 8.53. The van der Waals surface area contributed by atoms with Crippen LogP contribution in [0.1, 0.15) is 21.9 Å². The van der Waals surface area contributed by atoms with Crippen LogP contribution in [0, 0.1) is 18.3 Å². The van der Waals surface area contributed by atoms with Crippen LogP contribution >= 0.6 is 0 Å². The number of carbonyl (C=O) groups is 1. The lowest BCUT2D eigenvalue weighted by Gasteiger charge is -2.14. The number of likely N-dealkylation sites (N-methyl/N-ethyl adjacent to an activating group) is 1. The van der Waals surface area contributed by atoms with Gasteiger partial charge in [0.05, 0.1) is 24.7 Å². The van der Waals surface area contributed by atoms with Crippen molar-refractivity contribution in [2.24, 2.45) is 0 Å². The molecule has 0 bridgehead atoms. The zero-order chi connectivity index (χ0) is 28.9. The van der Waals surface area contributed by atoms with Gasteiger partial charge in [-0.25, -0.2) is 4.98 Å². The summed E-state index contributed by atoms with van der Waals surface area (Å²) in [5.41, 5.74) is 3.81. The Bertz CT molecular complexity index is 1750. The third-order valence-electron chi connectivity index (χ3n) is 6.10. The molecule has 0 aliphatic carbocycles. The molecule has 1 amide bonds. The SMILES string of the molecule is COc1cc(Nc2cc(Nc3cccc(C(=O)NCCN(C)C)c3)c3ncc(C#N)n3n2)cc(-n2nnnc2C)c1. The maximum atomic E-state index is 12.7. The number of hydrogen-bond donors (Lipinski definition) is 3. The van der Waals surface area contributed by atoms with E-state index in [0.29, 0.717) is 57.9 Å². The number of imidazole rings is 1. The Labute approximate surface area is 235 Å². The molecule has 41 heavy (non-hydrogen) atoms. The second-order valence-electron chi connectivity index (χ2n) is 9.38. The van der Waals surface area contributed by atoms with Crippen molar-refractivity contribution >= 4 is 34.4 Å². The second kappa shape index (κ2) is 11.7. The van der Waals surface area contributed by atoms with Gasteiger partial charge in [-0.2, -0.15) is 14.5 Å². The van der Waals surface area contributed by atoms with Gasteiger partial charge in [0.2, 0.25) is 0 Å². The predicted molar refractivity (Wildman–Crippen MR) is 152 cm³/mol. The maximum Gasteiger partial charge on any atom is 0.251 e. The Balaban J connectivity index is 1.47. The van der Waals surface area contributed by atoms with Crippen molar-refractivity contribution in [2.45, 2.75) is 6.92 Å². The summed E-state index contributed by atoms with van der Waals surface area (Å²) in [4.78, 5) is 19.1. The highest BCUT2D eigenvalue weighted by Gasteiger charge is 2.15. The first-order valence-corrected chi connectivity index (χ1v) is 12.6.